The third-order valence-electron chi connectivity index (χ3n) is 2.50. The van der Waals surface area contributed by atoms with Gasteiger partial charge in [-0.15, -0.1) is 0 Å². The van der Waals surface area contributed by atoms with Crippen LogP contribution in [-0.2, 0) is 0 Å². The Bertz CT molecular complexity index is 337. The average Bonchev–Trinajstić information content (AvgIpc) is 2.16. The summed E-state index contributed by atoms with van der Waals surface area (Å²) in [7, 11) is 0. The summed E-state index contributed by atoms with van der Waals surface area (Å²) in [6.07, 6.45) is 0.844. The van der Waals surface area contributed by atoms with Gasteiger partial charge < -0.3 is 5.32 Å². The predicted molar refractivity (Wildman–Crippen MR) is 62.2 cm³/mol. The van der Waals surface area contributed by atoms with E-state index in [1.54, 1.807) is 0 Å². The second-order valence-electron chi connectivity index (χ2n) is 4.41. The van der Waals surface area contributed by atoms with Gasteiger partial charge in [-0.05, 0) is 24.9 Å². The van der Waals surface area contributed by atoms with Gasteiger partial charge in [-0.25, -0.2) is 8.78 Å². The van der Waals surface area contributed by atoms with Crippen LogP contribution in [0.15, 0.2) is 18.2 Å². The molecule has 0 amide bonds. The lowest BCUT2D eigenvalue weighted by Crippen LogP contribution is -2.23. The van der Waals surface area contributed by atoms with Gasteiger partial charge in [0, 0.05) is 17.7 Å². The molecule has 0 aliphatic rings. The highest BCUT2D eigenvalue weighted by atomic mass is 19.1. The summed E-state index contributed by atoms with van der Waals surface area (Å²) in [6, 6.07) is 3.74. The molecule has 0 radical (unpaired) electrons. The zero-order chi connectivity index (χ0) is 12.1. The van der Waals surface area contributed by atoms with Gasteiger partial charge in [-0.3, -0.25) is 0 Å². The first-order valence-corrected chi connectivity index (χ1v) is 5.73. The van der Waals surface area contributed by atoms with Gasteiger partial charge in [0.15, 0.2) is 0 Å². The summed E-state index contributed by atoms with van der Waals surface area (Å²) in [4.78, 5) is 0. The Hall–Kier alpha value is -0.960. The van der Waals surface area contributed by atoms with Crippen LogP contribution in [0.3, 0.4) is 0 Å². The minimum absolute atomic E-state index is 0.0365. The van der Waals surface area contributed by atoms with Gasteiger partial charge >= 0.3 is 0 Å². The smallest absolute Gasteiger partial charge is 0.130 e. The third kappa shape index (κ3) is 3.56. The van der Waals surface area contributed by atoms with Gasteiger partial charge in [0.2, 0.25) is 0 Å². The Morgan fingerprint density at radius 3 is 2.44 bits per heavy atom. The number of benzene rings is 1. The fourth-order valence-corrected chi connectivity index (χ4v) is 1.82. The van der Waals surface area contributed by atoms with Crippen LogP contribution in [0.4, 0.5) is 8.78 Å². The summed E-state index contributed by atoms with van der Waals surface area (Å²) in [5, 5.41) is 3.23. The van der Waals surface area contributed by atoms with Crippen LogP contribution in [-0.4, -0.2) is 6.54 Å². The molecule has 1 unspecified atom stereocenters. The van der Waals surface area contributed by atoms with Crippen molar-refractivity contribution in [2.45, 2.75) is 33.2 Å². The van der Waals surface area contributed by atoms with E-state index >= 15 is 0 Å². The minimum atomic E-state index is -0.527. The van der Waals surface area contributed by atoms with E-state index in [1.807, 2.05) is 6.92 Å². The molecule has 1 nitrogen and oxygen atoms in total. The molecule has 0 aromatic heterocycles. The molecule has 0 saturated heterocycles. The number of halogens is 2. The van der Waals surface area contributed by atoms with Crippen molar-refractivity contribution in [1.82, 2.24) is 5.32 Å². The molecule has 0 fully saturated rings. The number of hydrogen-bond donors (Lipinski definition) is 1. The second-order valence-corrected chi connectivity index (χ2v) is 4.41. The van der Waals surface area contributed by atoms with Gasteiger partial charge in [0.1, 0.15) is 11.6 Å². The quantitative estimate of drug-likeness (QED) is 0.809. The number of hydrogen-bond acceptors (Lipinski definition) is 1. The third-order valence-corrected chi connectivity index (χ3v) is 2.50. The zero-order valence-corrected chi connectivity index (χ0v) is 10.1. The van der Waals surface area contributed by atoms with Gasteiger partial charge in [-0.2, -0.15) is 0 Å². The second kappa shape index (κ2) is 5.94. The molecule has 90 valence electrons. The monoisotopic (exact) mass is 227 g/mol. The molecule has 1 aromatic rings. The highest BCUT2D eigenvalue weighted by Crippen LogP contribution is 2.24. The van der Waals surface area contributed by atoms with E-state index in [9.17, 15) is 8.78 Å². The topological polar surface area (TPSA) is 12.0 Å². The van der Waals surface area contributed by atoms with Crippen molar-refractivity contribution in [2.24, 2.45) is 5.92 Å². The zero-order valence-electron chi connectivity index (χ0n) is 10.1. The molecule has 0 heterocycles. The van der Waals surface area contributed by atoms with Crippen LogP contribution in [0, 0.1) is 17.6 Å². The molecule has 0 bridgehead atoms. The van der Waals surface area contributed by atoms with E-state index in [0.29, 0.717) is 11.5 Å². The summed E-state index contributed by atoms with van der Waals surface area (Å²) in [6.45, 7) is 6.93. The Morgan fingerprint density at radius 2 is 1.94 bits per heavy atom. The first-order valence-electron chi connectivity index (χ1n) is 5.73. The Morgan fingerprint density at radius 1 is 1.25 bits per heavy atom. The summed E-state index contributed by atoms with van der Waals surface area (Å²) in [5.74, 6) is -0.527. The van der Waals surface area contributed by atoms with Crippen LogP contribution in [0.2, 0.25) is 0 Å². The highest BCUT2D eigenvalue weighted by molar-refractivity contribution is 5.22. The van der Waals surface area contributed by atoms with Crippen molar-refractivity contribution in [3.63, 3.8) is 0 Å². The Kier molecular flexibility index (Phi) is 4.87. The van der Waals surface area contributed by atoms with Gasteiger partial charge in [-0.1, -0.05) is 26.8 Å². The van der Waals surface area contributed by atoms with Crippen molar-refractivity contribution in [3.8, 4) is 0 Å². The van der Waals surface area contributed by atoms with Crippen LogP contribution in [0.1, 0.15) is 38.8 Å². The van der Waals surface area contributed by atoms with Crippen LogP contribution < -0.4 is 5.32 Å². The van der Waals surface area contributed by atoms with Gasteiger partial charge in [0.05, 0.1) is 0 Å². The van der Waals surface area contributed by atoms with E-state index in [0.717, 1.165) is 19.0 Å². The molecule has 1 N–H and O–H groups in total. The van der Waals surface area contributed by atoms with E-state index < -0.39 is 11.6 Å². The molecule has 0 aliphatic heterocycles. The molecular weight excluding hydrogens is 208 g/mol. The lowest BCUT2D eigenvalue weighted by atomic mass is 9.96. The minimum Gasteiger partial charge on any atom is -0.310 e. The fourth-order valence-electron chi connectivity index (χ4n) is 1.82. The van der Waals surface area contributed by atoms with E-state index in [1.165, 1.54) is 12.1 Å². The fraction of sp³-hybridized carbons (Fsp3) is 0.538. The maximum Gasteiger partial charge on any atom is 0.130 e. The lowest BCUT2D eigenvalue weighted by Gasteiger charge is -2.20. The summed E-state index contributed by atoms with van der Waals surface area (Å²) < 4.78 is 26.4. The molecule has 16 heavy (non-hydrogen) atoms. The maximum atomic E-state index is 13.6. The van der Waals surface area contributed by atoms with Crippen molar-refractivity contribution in [2.75, 3.05) is 6.54 Å². The van der Waals surface area contributed by atoms with E-state index in [2.05, 4.69) is 19.2 Å². The maximum absolute atomic E-state index is 13.6. The summed E-state index contributed by atoms with van der Waals surface area (Å²) in [5.41, 5.74) is 0.553. The van der Waals surface area contributed by atoms with Crippen molar-refractivity contribution in [3.05, 3.63) is 35.4 Å². The average molecular weight is 227 g/mol. The van der Waals surface area contributed by atoms with Gasteiger partial charge in [0.25, 0.3) is 0 Å². The Labute approximate surface area is 95.9 Å². The van der Waals surface area contributed by atoms with Crippen molar-refractivity contribution >= 4 is 0 Å². The molecule has 1 atom stereocenters. The van der Waals surface area contributed by atoms with Crippen LogP contribution in [0.5, 0.6) is 0 Å². The highest BCUT2D eigenvalue weighted by Gasteiger charge is 2.16. The molecule has 3 heteroatoms. The molecule has 1 rings (SSSR count). The molecule has 1 aromatic carbocycles. The predicted octanol–water partition coefficient (Wildman–Crippen LogP) is 3.66. The largest absolute Gasteiger partial charge is 0.310 e. The van der Waals surface area contributed by atoms with E-state index in [-0.39, 0.29) is 6.04 Å². The first-order chi connectivity index (χ1) is 7.54. The lowest BCUT2D eigenvalue weighted by molar-refractivity contribution is 0.422. The molecule has 0 aliphatic carbocycles. The van der Waals surface area contributed by atoms with Crippen LogP contribution in [0.25, 0.3) is 0 Å². The molecule has 0 saturated carbocycles. The number of nitrogens with one attached hydrogen (secondary N) is 1. The van der Waals surface area contributed by atoms with Crippen molar-refractivity contribution < 1.29 is 8.78 Å². The molecule has 0 spiro atoms. The van der Waals surface area contributed by atoms with Crippen LogP contribution >= 0.6 is 0 Å². The van der Waals surface area contributed by atoms with Crippen molar-refractivity contribution in [1.29, 1.82) is 0 Å². The molecular formula is C13H19F2N. The Balaban J connectivity index is 2.91. The first kappa shape index (κ1) is 13.1. The standard InChI is InChI=1S/C13H19F2N/c1-4-16-13(7-9(2)3)11-6-5-10(14)8-12(11)15/h5-6,8-9,13,16H,4,7H2,1-3H3. The normalized spacial score (nSPS) is 13.1. The summed E-state index contributed by atoms with van der Waals surface area (Å²) >= 11 is 0. The van der Waals surface area contributed by atoms with E-state index in [4.69, 9.17) is 0 Å². The number of rotatable bonds is 5. The SMILES string of the molecule is CCNC(CC(C)C)c1ccc(F)cc1F.